The summed E-state index contributed by atoms with van der Waals surface area (Å²) in [5.74, 6) is 0. The summed E-state index contributed by atoms with van der Waals surface area (Å²) in [5, 5.41) is 9.47. The fourth-order valence-electron chi connectivity index (χ4n) is 2.90. The minimum Gasteiger partial charge on any atom is -0.379 e. The fourth-order valence-corrected chi connectivity index (χ4v) is 2.90. The van der Waals surface area contributed by atoms with E-state index in [9.17, 15) is 5.26 Å². The Morgan fingerprint density at radius 1 is 1.38 bits per heavy atom. The Balaban J connectivity index is 2.04. The van der Waals surface area contributed by atoms with Crippen LogP contribution in [0.4, 0.5) is 0 Å². The summed E-state index contributed by atoms with van der Waals surface area (Å²) in [7, 11) is 0. The van der Waals surface area contributed by atoms with Gasteiger partial charge < -0.3 is 4.74 Å². The van der Waals surface area contributed by atoms with Crippen molar-refractivity contribution < 1.29 is 4.74 Å². The molecule has 0 radical (unpaired) electrons. The molecule has 1 saturated heterocycles. The lowest BCUT2D eigenvalue weighted by Gasteiger charge is -2.56. The van der Waals surface area contributed by atoms with E-state index in [2.05, 4.69) is 17.1 Å². The smallest absolute Gasteiger partial charge is 0.0715 e. The number of nitrogens with zero attached hydrogens (tertiary/aromatic N) is 2. The zero-order valence-electron chi connectivity index (χ0n) is 9.15. The second kappa shape index (κ2) is 3.29. The fraction of sp³-hybridized carbons (Fsp3) is 0.538. The molecule has 0 N–H and O–H groups in total. The van der Waals surface area contributed by atoms with E-state index in [1.807, 2.05) is 12.3 Å². The lowest BCUT2D eigenvalue weighted by atomic mass is 9.50. The molecule has 0 unspecified atom stereocenters. The number of hydrogen-bond acceptors (Lipinski definition) is 3. The summed E-state index contributed by atoms with van der Waals surface area (Å²) in [6.07, 6.45) is 6.83. The van der Waals surface area contributed by atoms with Crippen LogP contribution in [0.5, 0.6) is 0 Å². The molecule has 1 aliphatic heterocycles. The monoisotopic (exact) mass is 214 g/mol. The Labute approximate surface area is 95.1 Å². The van der Waals surface area contributed by atoms with Gasteiger partial charge in [0.25, 0.3) is 0 Å². The first-order chi connectivity index (χ1) is 7.83. The number of pyridine rings is 1. The van der Waals surface area contributed by atoms with Crippen LogP contribution in [-0.4, -0.2) is 18.2 Å². The highest BCUT2D eigenvalue weighted by atomic mass is 16.5. The molecule has 1 aliphatic carbocycles. The maximum absolute atomic E-state index is 9.47. The maximum atomic E-state index is 9.47. The van der Waals surface area contributed by atoms with Gasteiger partial charge in [-0.3, -0.25) is 4.98 Å². The third-order valence-electron chi connectivity index (χ3n) is 4.25. The van der Waals surface area contributed by atoms with Gasteiger partial charge >= 0.3 is 0 Å². The predicted octanol–water partition coefficient (Wildman–Crippen LogP) is 2.04. The Hall–Kier alpha value is -1.40. The molecule has 1 saturated carbocycles. The molecule has 0 amide bonds. The first-order valence-electron chi connectivity index (χ1n) is 5.73. The van der Waals surface area contributed by atoms with Crippen molar-refractivity contribution in [2.45, 2.75) is 24.7 Å². The highest BCUT2D eigenvalue weighted by Gasteiger charge is 2.60. The molecule has 0 aromatic carbocycles. The molecule has 2 fully saturated rings. The zero-order chi connectivity index (χ0) is 11.1. The summed E-state index contributed by atoms with van der Waals surface area (Å²) in [5.41, 5.74) is 0.880. The van der Waals surface area contributed by atoms with E-state index in [0.29, 0.717) is 13.2 Å². The van der Waals surface area contributed by atoms with E-state index in [4.69, 9.17) is 4.74 Å². The summed E-state index contributed by atoms with van der Waals surface area (Å²) in [4.78, 5) is 4.17. The van der Waals surface area contributed by atoms with Crippen molar-refractivity contribution in [3.63, 3.8) is 0 Å². The van der Waals surface area contributed by atoms with Crippen molar-refractivity contribution in [2.75, 3.05) is 13.2 Å². The van der Waals surface area contributed by atoms with Gasteiger partial charge in [0.1, 0.15) is 0 Å². The lowest BCUT2D eigenvalue weighted by Crippen LogP contribution is -2.61. The molecule has 0 spiro atoms. The van der Waals surface area contributed by atoms with Gasteiger partial charge in [-0.25, -0.2) is 0 Å². The van der Waals surface area contributed by atoms with Gasteiger partial charge in [-0.1, -0.05) is 12.5 Å². The Morgan fingerprint density at radius 3 is 2.56 bits per heavy atom. The topological polar surface area (TPSA) is 45.9 Å². The van der Waals surface area contributed by atoms with Gasteiger partial charge in [-0.2, -0.15) is 5.26 Å². The Morgan fingerprint density at radius 2 is 2.19 bits per heavy atom. The van der Waals surface area contributed by atoms with Gasteiger partial charge in [0.2, 0.25) is 0 Å². The van der Waals surface area contributed by atoms with Crippen LogP contribution in [0.3, 0.4) is 0 Å². The van der Waals surface area contributed by atoms with Gasteiger partial charge in [0.05, 0.1) is 30.1 Å². The van der Waals surface area contributed by atoms with Crippen molar-refractivity contribution >= 4 is 0 Å². The standard InChI is InChI=1S/C13H14N2O/c14-8-12(4-2-5-12)13(9-16-10-13)11-3-1-6-15-7-11/h1,3,6-7H,2,4-5,9-10H2. The highest BCUT2D eigenvalue weighted by molar-refractivity contribution is 5.35. The van der Waals surface area contributed by atoms with Gasteiger partial charge in [-0.05, 0) is 24.5 Å². The van der Waals surface area contributed by atoms with Crippen LogP contribution in [0.1, 0.15) is 24.8 Å². The first-order valence-corrected chi connectivity index (χ1v) is 5.73. The minimum absolute atomic E-state index is 0.0890. The number of rotatable bonds is 2. The van der Waals surface area contributed by atoms with Gasteiger partial charge in [0.15, 0.2) is 0 Å². The Kier molecular flexibility index (Phi) is 2.02. The first kappa shape index (κ1) is 9.80. The van der Waals surface area contributed by atoms with E-state index in [1.54, 1.807) is 6.20 Å². The van der Waals surface area contributed by atoms with E-state index < -0.39 is 0 Å². The SMILES string of the molecule is N#CC1(C2(c3cccnc3)COC2)CCC1. The summed E-state index contributed by atoms with van der Waals surface area (Å²) >= 11 is 0. The Bertz CT molecular complexity index is 427. The van der Waals surface area contributed by atoms with Crippen LogP contribution in [-0.2, 0) is 10.2 Å². The molecule has 1 aromatic heterocycles. The lowest BCUT2D eigenvalue weighted by molar-refractivity contribution is -0.135. The molecule has 1 aromatic rings. The van der Waals surface area contributed by atoms with Crippen molar-refractivity contribution in [2.24, 2.45) is 5.41 Å². The third kappa shape index (κ3) is 1.03. The molecular weight excluding hydrogens is 200 g/mol. The van der Waals surface area contributed by atoms with Crippen LogP contribution in [0, 0.1) is 16.7 Å². The number of aromatic nitrogens is 1. The number of nitriles is 1. The average molecular weight is 214 g/mol. The van der Waals surface area contributed by atoms with Gasteiger partial charge in [-0.15, -0.1) is 0 Å². The normalized spacial score (nSPS) is 24.9. The molecular formula is C13H14N2O. The third-order valence-corrected chi connectivity index (χ3v) is 4.25. The van der Waals surface area contributed by atoms with Crippen molar-refractivity contribution in [1.29, 1.82) is 5.26 Å². The van der Waals surface area contributed by atoms with E-state index in [0.717, 1.165) is 19.3 Å². The van der Waals surface area contributed by atoms with Crippen molar-refractivity contribution in [1.82, 2.24) is 4.98 Å². The molecule has 0 atom stereocenters. The second-order valence-corrected chi connectivity index (χ2v) is 4.86. The number of hydrogen-bond donors (Lipinski definition) is 0. The second-order valence-electron chi connectivity index (χ2n) is 4.86. The van der Waals surface area contributed by atoms with Crippen LogP contribution < -0.4 is 0 Å². The predicted molar refractivity (Wildman–Crippen MR) is 58.6 cm³/mol. The van der Waals surface area contributed by atoms with Crippen LogP contribution in [0.2, 0.25) is 0 Å². The summed E-state index contributed by atoms with van der Waals surface area (Å²) in [6, 6.07) is 6.57. The molecule has 2 heterocycles. The van der Waals surface area contributed by atoms with E-state index in [1.165, 1.54) is 5.56 Å². The molecule has 82 valence electrons. The highest BCUT2D eigenvalue weighted by Crippen LogP contribution is 2.57. The minimum atomic E-state index is -0.200. The zero-order valence-corrected chi connectivity index (χ0v) is 9.15. The average Bonchev–Trinajstić information content (AvgIpc) is 2.22. The molecule has 16 heavy (non-hydrogen) atoms. The molecule has 0 bridgehead atoms. The molecule has 2 aliphatic rings. The van der Waals surface area contributed by atoms with Crippen LogP contribution >= 0.6 is 0 Å². The van der Waals surface area contributed by atoms with E-state index in [-0.39, 0.29) is 10.8 Å². The van der Waals surface area contributed by atoms with E-state index >= 15 is 0 Å². The number of ether oxygens (including phenoxy) is 1. The van der Waals surface area contributed by atoms with Gasteiger partial charge in [0, 0.05) is 12.4 Å². The van der Waals surface area contributed by atoms with Crippen molar-refractivity contribution in [3.05, 3.63) is 30.1 Å². The molecule has 3 rings (SSSR count). The maximum Gasteiger partial charge on any atom is 0.0715 e. The summed E-state index contributed by atoms with van der Waals surface area (Å²) < 4.78 is 5.40. The summed E-state index contributed by atoms with van der Waals surface area (Å²) in [6.45, 7) is 1.35. The quantitative estimate of drug-likeness (QED) is 0.756. The molecule has 3 nitrogen and oxygen atoms in total. The van der Waals surface area contributed by atoms with Crippen LogP contribution in [0.25, 0.3) is 0 Å². The largest absolute Gasteiger partial charge is 0.379 e. The molecule has 3 heteroatoms. The van der Waals surface area contributed by atoms with Crippen molar-refractivity contribution in [3.8, 4) is 6.07 Å². The van der Waals surface area contributed by atoms with Crippen LogP contribution in [0.15, 0.2) is 24.5 Å².